The zero-order valence-corrected chi connectivity index (χ0v) is 14.5. The second-order valence-electron chi connectivity index (χ2n) is 4.27. The largest absolute Gasteiger partial charge is 0.493 e. The van der Waals surface area contributed by atoms with Crippen LogP contribution in [0.25, 0.3) is 0 Å². The van der Waals surface area contributed by atoms with Crippen LogP contribution in [0, 0.1) is 5.82 Å². The molecule has 0 fully saturated rings. The Kier molecular flexibility index (Phi) is 5.24. The van der Waals surface area contributed by atoms with Gasteiger partial charge in [-0.25, -0.2) is 4.39 Å². The molecule has 1 unspecified atom stereocenters. The van der Waals surface area contributed by atoms with Crippen molar-refractivity contribution < 1.29 is 19.0 Å². The van der Waals surface area contributed by atoms with Crippen LogP contribution >= 0.6 is 31.9 Å². The molecular formula is C15H13Br2FO3. The molecule has 0 heterocycles. The minimum absolute atomic E-state index is 0.172. The summed E-state index contributed by atoms with van der Waals surface area (Å²) in [6.07, 6.45) is -1.14. The molecule has 2 aromatic carbocycles. The third kappa shape index (κ3) is 3.22. The number of aliphatic hydroxyl groups excluding tert-OH is 1. The van der Waals surface area contributed by atoms with Crippen LogP contribution in [-0.2, 0) is 0 Å². The van der Waals surface area contributed by atoms with Gasteiger partial charge in [-0.15, -0.1) is 0 Å². The standard InChI is InChI=1S/C15H13Br2FO3/c1-20-12-6-8(10(17)7-13(12)21-2)15(19)14-9(16)4-3-5-11(14)18/h3-7,15,19H,1-2H3. The molecule has 3 nitrogen and oxygen atoms in total. The normalized spacial score (nSPS) is 12.1. The van der Waals surface area contributed by atoms with E-state index in [0.29, 0.717) is 26.0 Å². The Labute approximate surface area is 139 Å². The summed E-state index contributed by atoms with van der Waals surface area (Å²) in [5.41, 5.74) is 0.656. The molecule has 0 aliphatic rings. The SMILES string of the molecule is COc1cc(Br)c(C(O)c2c(F)cccc2Br)cc1OC. The molecule has 0 aliphatic carbocycles. The summed E-state index contributed by atoms with van der Waals surface area (Å²) in [4.78, 5) is 0. The maximum atomic E-state index is 14.0. The molecule has 0 amide bonds. The number of halogens is 3. The average Bonchev–Trinajstić information content (AvgIpc) is 2.46. The number of rotatable bonds is 4. The highest BCUT2D eigenvalue weighted by Gasteiger charge is 2.22. The Morgan fingerprint density at radius 1 is 1.05 bits per heavy atom. The van der Waals surface area contributed by atoms with Crippen molar-refractivity contribution in [1.82, 2.24) is 0 Å². The summed E-state index contributed by atoms with van der Waals surface area (Å²) >= 11 is 6.63. The van der Waals surface area contributed by atoms with Crippen molar-refractivity contribution in [2.45, 2.75) is 6.10 Å². The Bertz CT molecular complexity index is 641. The quantitative estimate of drug-likeness (QED) is 0.795. The van der Waals surface area contributed by atoms with Crippen molar-refractivity contribution in [1.29, 1.82) is 0 Å². The van der Waals surface area contributed by atoms with Crippen molar-refractivity contribution in [2.24, 2.45) is 0 Å². The summed E-state index contributed by atoms with van der Waals surface area (Å²) in [5, 5.41) is 10.5. The predicted octanol–water partition coefficient (Wildman–Crippen LogP) is 4.45. The van der Waals surface area contributed by atoms with Gasteiger partial charge in [0.05, 0.1) is 14.2 Å². The highest BCUT2D eigenvalue weighted by atomic mass is 79.9. The van der Waals surface area contributed by atoms with E-state index in [9.17, 15) is 9.50 Å². The molecule has 2 rings (SSSR count). The Balaban J connectivity index is 2.56. The highest BCUT2D eigenvalue weighted by molar-refractivity contribution is 9.10. The molecule has 112 valence electrons. The van der Waals surface area contributed by atoms with E-state index in [1.54, 1.807) is 24.3 Å². The van der Waals surface area contributed by atoms with E-state index in [1.165, 1.54) is 20.3 Å². The van der Waals surface area contributed by atoms with Crippen LogP contribution in [0.4, 0.5) is 4.39 Å². The first-order chi connectivity index (χ1) is 9.99. The highest BCUT2D eigenvalue weighted by Crippen LogP contribution is 2.40. The van der Waals surface area contributed by atoms with Crippen molar-refractivity contribution in [2.75, 3.05) is 14.2 Å². The van der Waals surface area contributed by atoms with Gasteiger partial charge < -0.3 is 14.6 Å². The van der Waals surface area contributed by atoms with E-state index in [2.05, 4.69) is 31.9 Å². The number of benzene rings is 2. The minimum Gasteiger partial charge on any atom is -0.493 e. The maximum absolute atomic E-state index is 14.0. The van der Waals surface area contributed by atoms with Gasteiger partial charge in [0.15, 0.2) is 11.5 Å². The van der Waals surface area contributed by atoms with Crippen LogP contribution in [0.3, 0.4) is 0 Å². The summed E-state index contributed by atoms with van der Waals surface area (Å²) in [5.74, 6) is 0.494. The second-order valence-corrected chi connectivity index (χ2v) is 5.98. The van der Waals surface area contributed by atoms with Gasteiger partial charge in [0.1, 0.15) is 11.9 Å². The number of aliphatic hydroxyl groups is 1. The molecule has 0 saturated carbocycles. The fourth-order valence-corrected chi connectivity index (χ4v) is 3.10. The van der Waals surface area contributed by atoms with Crippen LogP contribution in [0.1, 0.15) is 17.2 Å². The van der Waals surface area contributed by atoms with Crippen LogP contribution in [0.5, 0.6) is 11.5 Å². The van der Waals surface area contributed by atoms with Crippen LogP contribution < -0.4 is 9.47 Å². The van der Waals surface area contributed by atoms with E-state index in [0.717, 1.165) is 0 Å². The molecular weight excluding hydrogens is 407 g/mol. The second kappa shape index (κ2) is 6.77. The Morgan fingerprint density at radius 2 is 1.67 bits per heavy atom. The lowest BCUT2D eigenvalue weighted by Crippen LogP contribution is -2.05. The number of ether oxygens (including phenoxy) is 2. The van der Waals surface area contributed by atoms with Gasteiger partial charge in [-0.2, -0.15) is 0 Å². The maximum Gasteiger partial charge on any atom is 0.161 e. The zero-order chi connectivity index (χ0) is 15.6. The van der Waals surface area contributed by atoms with Gasteiger partial charge in [0.2, 0.25) is 0 Å². The number of hydrogen-bond acceptors (Lipinski definition) is 3. The van der Waals surface area contributed by atoms with Crippen molar-refractivity contribution in [3.05, 3.63) is 56.2 Å². The summed E-state index contributed by atoms with van der Waals surface area (Å²) in [6.45, 7) is 0. The lowest BCUT2D eigenvalue weighted by molar-refractivity contribution is 0.212. The lowest BCUT2D eigenvalue weighted by atomic mass is 10.0. The van der Waals surface area contributed by atoms with Crippen LogP contribution in [-0.4, -0.2) is 19.3 Å². The van der Waals surface area contributed by atoms with Gasteiger partial charge in [-0.05, 0) is 24.3 Å². The van der Waals surface area contributed by atoms with E-state index >= 15 is 0 Å². The minimum atomic E-state index is -1.14. The molecule has 21 heavy (non-hydrogen) atoms. The van der Waals surface area contributed by atoms with E-state index in [-0.39, 0.29) is 5.56 Å². The van der Waals surface area contributed by atoms with Crippen molar-refractivity contribution in [3.8, 4) is 11.5 Å². The molecule has 0 bridgehead atoms. The summed E-state index contributed by atoms with van der Waals surface area (Å²) in [7, 11) is 3.02. The third-order valence-corrected chi connectivity index (χ3v) is 4.45. The molecule has 2 aromatic rings. The van der Waals surface area contributed by atoms with Gasteiger partial charge in [-0.3, -0.25) is 0 Å². The number of hydrogen-bond donors (Lipinski definition) is 1. The van der Waals surface area contributed by atoms with E-state index in [1.807, 2.05) is 0 Å². The molecule has 0 aromatic heterocycles. The fourth-order valence-electron chi connectivity index (χ4n) is 2.01. The van der Waals surface area contributed by atoms with Gasteiger partial charge in [-0.1, -0.05) is 37.9 Å². The molecule has 1 N–H and O–H groups in total. The number of methoxy groups -OCH3 is 2. The Morgan fingerprint density at radius 3 is 2.24 bits per heavy atom. The Hall–Kier alpha value is -1.11. The molecule has 1 atom stereocenters. The molecule has 6 heteroatoms. The first kappa shape index (κ1) is 16.3. The van der Waals surface area contributed by atoms with Crippen molar-refractivity contribution in [3.63, 3.8) is 0 Å². The average molecular weight is 420 g/mol. The predicted molar refractivity (Wildman–Crippen MR) is 85.4 cm³/mol. The molecule has 0 saturated heterocycles. The van der Waals surface area contributed by atoms with Gasteiger partial charge in [0, 0.05) is 20.1 Å². The lowest BCUT2D eigenvalue weighted by Gasteiger charge is -2.18. The monoisotopic (exact) mass is 418 g/mol. The van der Waals surface area contributed by atoms with E-state index < -0.39 is 11.9 Å². The van der Waals surface area contributed by atoms with Gasteiger partial charge in [0.25, 0.3) is 0 Å². The molecule has 0 spiro atoms. The molecule has 0 aliphatic heterocycles. The van der Waals surface area contributed by atoms with Gasteiger partial charge >= 0.3 is 0 Å². The van der Waals surface area contributed by atoms with E-state index in [4.69, 9.17) is 9.47 Å². The first-order valence-corrected chi connectivity index (χ1v) is 7.61. The summed E-state index contributed by atoms with van der Waals surface area (Å²) < 4.78 is 25.5. The topological polar surface area (TPSA) is 38.7 Å². The van der Waals surface area contributed by atoms with Crippen molar-refractivity contribution >= 4 is 31.9 Å². The fraction of sp³-hybridized carbons (Fsp3) is 0.200. The zero-order valence-electron chi connectivity index (χ0n) is 11.4. The smallest absolute Gasteiger partial charge is 0.161 e. The van der Waals surface area contributed by atoms with Crippen LogP contribution in [0.2, 0.25) is 0 Å². The molecule has 0 radical (unpaired) electrons. The third-order valence-electron chi connectivity index (χ3n) is 3.07. The summed E-state index contributed by atoms with van der Waals surface area (Å²) in [6, 6.07) is 7.84. The van der Waals surface area contributed by atoms with Crippen LogP contribution in [0.15, 0.2) is 39.3 Å². The first-order valence-electron chi connectivity index (χ1n) is 6.03.